The quantitative estimate of drug-likeness (QED) is 0.882. The molecule has 0 aliphatic heterocycles. The van der Waals surface area contributed by atoms with E-state index in [1.807, 2.05) is 6.08 Å². The summed E-state index contributed by atoms with van der Waals surface area (Å²) < 4.78 is 41.7. The molecule has 2 aliphatic carbocycles. The largest absolute Gasteiger partial charge is 0.494 e. The molecule has 0 heterocycles. The van der Waals surface area contributed by atoms with Crippen molar-refractivity contribution in [3.05, 3.63) is 70.8 Å². The monoisotopic (exact) mass is 361 g/mol. The van der Waals surface area contributed by atoms with Crippen LogP contribution in [-0.2, 0) is 14.8 Å². The van der Waals surface area contributed by atoms with E-state index in [1.54, 1.807) is 18.2 Å². The number of rotatable bonds is 4. The van der Waals surface area contributed by atoms with E-state index in [-0.39, 0.29) is 16.5 Å². The number of hydrogen-bond donors (Lipinski definition) is 1. The van der Waals surface area contributed by atoms with E-state index in [2.05, 4.69) is 0 Å². The fraction of sp³-hybridized carbons (Fsp3) is 0.263. The maximum atomic E-state index is 13.9. The van der Waals surface area contributed by atoms with Gasteiger partial charge in [0.1, 0.15) is 0 Å². The summed E-state index contributed by atoms with van der Waals surface area (Å²) >= 11 is 0. The summed E-state index contributed by atoms with van der Waals surface area (Å²) in [6.45, 7) is 0. The Morgan fingerprint density at radius 3 is 2.40 bits per heavy atom. The van der Waals surface area contributed by atoms with Crippen LogP contribution in [-0.4, -0.2) is 15.5 Å². The van der Waals surface area contributed by atoms with Crippen LogP contribution in [0.15, 0.2) is 70.1 Å². The molecule has 6 heteroatoms. The third kappa shape index (κ3) is 3.75. The highest BCUT2D eigenvalue weighted by molar-refractivity contribution is 7.89. The van der Waals surface area contributed by atoms with Crippen molar-refractivity contribution in [1.29, 1.82) is 0 Å². The van der Waals surface area contributed by atoms with Crippen molar-refractivity contribution in [3.8, 4) is 0 Å². The standard InChI is InChI=1S/C19H20FNO3S/c1-24-19-12-8-14(7-11-18(19)20)17-4-2-3-16(17)13-5-9-15(10-6-13)25(21,22)23/h5-6,8-12H,2-4,7H2,1H3,(H2,21,22,23). The number of primary sulfonamides is 1. The van der Waals surface area contributed by atoms with Gasteiger partial charge >= 0.3 is 0 Å². The van der Waals surface area contributed by atoms with Crippen molar-refractivity contribution in [1.82, 2.24) is 0 Å². The molecule has 0 fully saturated rings. The molecule has 1 aromatic rings. The number of halogens is 1. The zero-order chi connectivity index (χ0) is 18.0. The highest BCUT2D eigenvalue weighted by Crippen LogP contribution is 2.40. The lowest BCUT2D eigenvalue weighted by Gasteiger charge is -2.11. The maximum absolute atomic E-state index is 13.9. The van der Waals surface area contributed by atoms with Gasteiger partial charge in [-0.25, -0.2) is 17.9 Å². The molecule has 4 nitrogen and oxygen atoms in total. The van der Waals surface area contributed by atoms with Crippen LogP contribution in [0.2, 0.25) is 0 Å². The predicted octanol–water partition coefficient (Wildman–Crippen LogP) is 3.99. The third-order valence-electron chi connectivity index (χ3n) is 4.53. The molecule has 2 N–H and O–H groups in total. The van der Waals surface area contributed by atoms with Gasteiger partial charge in [-0.1, -0.05) is 18.2 Å². The number of methoxy groups -OCH3 is 1. The summed E-state index contributed by atoms with van der Waals surface area (Å²) in [6.07, 6.45) is 8.44. The molecule has 0 saturated heterocycles. The van der Waals surface area contributed by atoms with Gasteiger partial charge in [-0.2, -0.15) is 0 Å². The summed E-state index contributed by atoms with van der Waals surface area (Å²) in [4.78, 5) is 0.0998. The second-order valence-electron chi connectivity index (χ2n) is 6.06. The summed E-state index contributed by atoms with van der Waals surface area (Å²) in [5, 5.41) is 5.15. The smallest absolute Gasteiger partial charge is 0.238 e. The van der Waals surface area contributed by atoms with E-state index in [1.165, 1.54) is 36.5 Å². The molecule has 0 unspecified atom stereocenters. The molecule has 0 atom stereocenters. The zero-order valence-electron chi connectivity index (χ0n) is 14.0. The molecule has 0 bridgehead atoms. The molecule has 132 valence electrons. The molecule has 1 aromatic carbocycles. The Kier molecular flexibility index (Phi) is 4.92. The van der Waals surface area contributed by atoms with Crippen LogP contribution in [0.25, 0.3) is 5.57 Å². The molecule has 0 amide bonds. The van der Waals surface area contributed by atoms with Gasteiger partial charge in [-0.3, -0.25) is 0 Å². The van der Waals surface area contributed by atoms with Gasteiger partial charge in [-0.05, 0) is 72.3 Å². The summed E-state index contributed by atoms with van der Waals surface area (Å²) in [6, 6.07) is 6.62. The molecule has 3 rings (SSSR count). The van der Waals surface area contributed by atoms with Gasteiger partial charge in [0.05, 0.1) is 12.0 Å². The van der Waals surface area contributed by atoms with Crippen LogP contribution in [0, 0.1) is 0 Å². The number of allylic oxidation sites excluding steroid dienone is 7. The first-order valence-electron chi connectivity index (χ1n) is 8.06. The predicted molar refractivity (Wildman–Crippen MR) is 95.6 cm³/mol. The first-order chi connectivity index (χ1) is 11.9. The molecular weight excluding hydrogens is 341 g/mol. The van der Waals surface area contributed by atoms with Gasteiger partial charge in [-0.15, -0.1) is 0 Å². The molecule has 0 spiro atoms. The Morgan fingerprint density at radius 2 is 1.76 bits per heavy atom. The number of benzene rings is 1. The minimum absolute atomic E-state index is 0.0998. The van der Waals surface area contributed by atoms with E-state index in [9.17, 15) is 12.8 Å². The number of sulfonamides is 1. The number of nitrogens with two attached hydrogens (primary N) is 1. The Bertz CT molecular complexity index is 906. The van der Waals surface area contributed by atoms with Gasteiger partial charge in [0.15, 0.2) is 11.6 Å². The summed E-state index contributed by atoms with van der Waals surface area (Å²) in [5.74, 6) is -0.126. The van der Waals surface area contributed by atoms with Crippen LogP contribution in [0.3, 0.4) is 0 Å². The molecular formula is C19H20FNO3S. The van der Waals surface area contributed by atoms with Crippen LogP contribution in [0.5, 0.6) is 0 Å². The highest BCUT2D eigenvalue weighted by atomic mass is 32.2. The van der Waals surface area contributed by atoms with Crippen molar-refractivity contribution in [2.75, 3.05) is 7.11 Å². The van der Waals surface area contributed by atoms with Crippen molar-refractivity contribution in [3.63, 3.8) is 0 Å². The van der Waals surface area contributed by atoms with E-state index in [0.717, 1.165) is 30.4 Å². The topological polar surface area (TPSA) is 69.4 Å². The SMILES string of the molecule is COC1=CC=C(C2=C(c3ccc(S(N)(=O)=O)cc3)CCC2)CC=C1F. The van der Waals surface area contributed by atoms with Crippen LogP contribution < -0.4 is 5.14 Å². The van der Waals surface area contributed by atoms with Gasteiger partial charge in [0.2, 0.25) is 10.0 Å². The van der Waals surface area contributed by atoms with Crippen molar-refractivity contribution in [2.24, 2.45) is 5.14 Å². The average molecular weight is 361 g/mol. The van der Waals surface area contributed by atoms with Crippen LogP contribution in [0.1, 0.15) is 31.2 Å². The number of hydrogen-bond acceptors (Lipinski definition) is 3. The minimum Gasteiger partial charge on any atom is -0.494 e. The second-order valence-corrected chi connectivity index (χ2v) is 7.62. The Hall–Kier alpha value is -2.18. The number of ether oxygens (including phenoxy) is 1. The minimum atomic E-state index is -3.70. The lowest BCUT2D eigenvalue weighted by molar-refractivity contribution is 0.283. The average Bonchev–Trinajstić information content (AvgIpc) is 2.99. The molecule has 25 heavy (non-hydrogen) atoms. The first kappa shape index (κ1) is 17.6. The summed E-state index contributed by atoms with van der Waals surface area (Å²) in [5.41, 5.74) is 4.41. The van der Waals surface area contributed by atoms with Crippen LogP contribution in [0.4, 0.5) is 4.39 Å². The van der Waals surface area contributed by atoms with Crippen LogP contribution >= 0.6 is 0 Å². The Morgan fingerprint density at radius 1 is 1.08 bits per heavy atom. The summed E-state index contributed by atoms with van der Waals surface area (Å²) in [7, 11) is -2.25. The molecule has 0 saturated carbocycles. The van der Waals surface area contributed by atoms with E-state index < -0.39 is 10.0 Å². The zero-order valence-corrected chi connectivity index (χ0v) is 14.8. The van der Waals surface area contributed by atoms with E-state index in [0.29, 0.717) is 6.42 Å². The van der Waals surface area contributed by atoms with Crippen molar-refractivity contribution in [2.45, 2.75) is 30.6 Å². The van der Waals surface area contributed by atoms with E-state index >= 15 is 0 Å². The fourth-order valence-electron chi connectivity index (χ4n) is 3.28. The van der Waals surface area contributed by atoms with Crippen molar-refractivity contribution < 1.29 is 17.5 Å². The Balaban J connectivity index is 1.98. The third-order valence-corrected chi connectivity index (χ3v) is 5.46. The van der Waals surface area contributed by atoms with E-state index in [4.69, 9.17) is 9.88 Å². The molecule has 0 aromatic heterocycles. The van der Waals surface area contributed by atoms with Gasteiger partial charge < -0.3 is 4.74 Å². The van der Waals surface area contributed by atoms with Gasteiger partial charge in [0.25, 0.3) is 0 Å². The molecule has 0 radical (unpaired) electrons. The lowest BCUT2D eigenvalue weighted by Crippen LogP contribution is -2.11. The first-order valence-corrected chi connectivity index (χ1v) is 9.61. The lowest BCUT2D eigenvalue weighted by atomic mass is 9.95. The van der Waals surface area contributed by atoms with Crippen molar-refractivity contribution >= 4 is 15.6 Å². The fourth-order valence-corrected chi connectivity index (χ4v) is 3.79. The highest BCUT2D eigenvalue weighted by Gasteiger charge is 2.20. The Labute approximate surface area is 147 Å². The van der Waals surface area contributed by atoms with Gasteiger partial charge in [0, 0.05) is 0 Å². The second kappa shape index (κ2) is 6.98. The maximum Gasteiger partial charge on any atom is 0.238 e. The molecule has 2 aliphatic rings. The normalized spacial score (nSPS) is 18.4.